The molecule has 0 unspecified atom stereocenters. The minimum absolute atomic E-state index is 0.470. The van der Waals surface area contributed by atoms with Crippen molar-refractivity contribution in [3.05, 3.63) is 35.7 Å². The second kappa shape index (κ2) is 6.05. The van der Waals surface area contributed by atoms with Gasteiger partial charge in [0.2, 0.25) is 0 Å². The molecule has 0 saturated carbocycles. The molecule has 1 aromatic heterocycles. The average molecular weight is 190 g/mol. The molecule has 1 heterocycles. The molecule has 1 aromatic rings. The van der Waals surface area contributed by atoms with Crippen LogP contribution in [0.4, 0.5) is 0 Å². The van der Waals surface area contributed by atoms with Crippen molar-refractivity contribution in [1.82, 2.24) is 10.3 Å². The van der Waals surface area contributed by atoms with Crippen LogP contribution in [0.5, 0.6) is 0 Å². The summed E-state index contributed by atoms with van der Waals surface area (Å²) in [6.07, 6.45) is 7.51. The van der Waals surface area contributed by atoms with E-state index < -0.39 is 0 Å². The highest BCUT2D eigenvalue weighted by Gasteiger charge is 1.90. The maximum atomic E-state index is 10.3. The highest BCUT2D eigenvalue weighted by atomic mass is 16.1. The molecule has 0 radical (unpaired) electrons. The first-order valence-electron chi connectivity index (χ1n) is 4.59. The molecule has 0 atom stereocenters. The molecule has 0 aliphatic rings. The second-order valence-electron chi connectivity index (χ2n) is 2.93. The van der Waals surface area contributed by atoms with Gasteiger partial charge in [-0.2, -0.15) is 0 Å². The molecule has 0 bridgehead atoms. The van der Waals surface area contributed by atoms with Gasteiger partial charge in [0.05, 0.1) is 0 Å². The van der Waals surface area contributed by atoms with E-state index in [4.69, 9.17) is 0 Å². The van der Waals surface area contributed by atoms with Gasteiger partial charge in [0.1, 0.15) is 5.69 Å². The molecule has 0 aliphatic heterocycles. The number of carbonyl (C=O) groups is 1. The summed E-state index contributed by atoms with van der Waals surface area (Å²) in [5.41, 5.74) is 1.49. The summed E-state index contributed by atoms with van der Waals surface area (Å²) in [6, 6.07) is 3.59. The van der Waals surface area contributed by atoms with Gasteiger partial charge in [-0.3, -0.25) is 9.78 Å². The first-order valence-corrected chi connectivity index (χ1v) is 4.59. The van der Waals surface area contributed by atoms with Gasteiger partial charge >= 0.3 is 0 Å². The predicted octanol–water partition coefficient (Wildman–Crippen LogP) is 1.52. The van der Waals surface area contributed by atoms with Gasteiger partial charge in [-0.25, -0.2) is 0 Å². The van der Waals surface area contributed by atoms with Crippen molar-refractivity contribution >= 4 is 12.4 Å². The summed E-state index contributed by atoms with van der Waals surface area (Å²) in [4.78, 5) is 14.3. The van der Waals surface area contributed by atoms with Crippen LogP contribution in [-0.2, 0) is 0 Å². The van der Waals surface area contributed by atoms with Crippen LogP contribution in [0.15, 0.2) is 24.4 Å². The highest BCUT2D eigenvalue weighted by Crippen LogP contribution is 2.01. The normalized spacial score (nSPS) is 10.6. The summed E-state index contributed by atoms with van der Waals surface area (Å²) in [5.74, 6) is 0. The van der Waals surface area contributed by atoms with Gasteiger partial charge in [-0.1, -0.05) is 18.2 Å². The molecule has 1 rings (SSSR count). The van der Waals surface area contributed by atoms with Crippen LogP contribution >= 0.6 is 0 Å². The Morgan fingerprint density at radius 2 is 2.36 bits per heavy atom. The minimum atomic E-state index is 0.470. The number of nitrogens with one attached hydrogen (secondary N) is 1. The quantitative estimate of drug-likeness (QED) is 0.565. The zero-order chi connectivity index (χ0) is 10.2. The second-order valence-corrected chi connectivity index (χ2v) is 2.93. The lowest BCUT2D eigenvalue weighted by molar-refractivity contribution is 0.111. The SMILES string of the molecule is CNCCC=Cc1ccc(C=O)nc1. The lowest BCUT2D eigenvalue weighted by Crippen LogP contribution is -2.05. The number of aldehydes is 1. The van der Waals surface area contributed by atoms with Crippen molar-refractivity contribution in [2.75, 3.05) is 13.6 Å². The minimum Gasteiger partial charge on any atom is -0.319 e. The van der Waals surface area contributed by atoms with E-state index >= 15 is 0 Å². The monoisotopic (exact) mass is 190 g/mol. The molecule has 0 amide bonds. The van der Waals surface area contributed by atoms with E-state index in [9.17, 15) is 4.79 Å². The fourth-order valence-electron chi connectivity index (χ4n) is 1.03. The molecule has 3 nitrogen and oxygen atoms in total. The van der Waals surface area contributed by atoms with E-state index in [0.717, 1.165) is 24.8 Å². The topological polar surface area (TPSA) is 42.0 Å². The fraction of sp³-hybridized carbons (Fsp3) is 0.273. The third kappa shape index (κ3) is 3.49. The van der Waals surface area contributed by atoms with Gasteiger partial charge < -0.3 is 5.32 Å². The van der Waals surface area contributed by atoms with E-state index in [0.29, 0.717) is 5.69 Å². The fourth-order valence-corrected chi connectivity index (χ4v) is 1.03. The molecule has 0 spiro atoms. The van der Waals surface area contributed by atoms with Crippen LogP contribution in [0.1, 0.15) is 22.5 Å². The van der Waals surface area contributed by atoms with Crippen molar-refractivity contribution in [1.29, 1.82) is 0 Å². The molecule has 3 heteroatoms. The van der Waals surface area contributed by atoms with Crippen molar-refractivity contribution < 1.29 is 4.79 Å². The summed E-state index contributed by atoms with van der Waals surface area (Å²) < 4.78 is 0. The van der Waals surface area contributed by atoms with Gasteiger partial charge in [-0.15, -0.1) is 0 Å². The van der Waals surface area contributed by atoms with Crippen LogP contribution in [-0.4, -0.2) is 24.9 Å². The standard InChI is InChI=1S/C11H14N2O/c1-12-7-3-2-4-10-5-6-11(9-14)13-8-10/h2,4-6,8-9,12H,3,7H2,1H3. The zero-order valence-electron chi connectivity index (χ0n) is 8.23. The Kier molecular flexibility index (Phi) is 4.58. The third-order valence-corrected chi connectivity index (χ3v) is 1.80. The van der Waals surface area contributed by atoms with E-state index in [2.05, 4.69) is 16.4 Å². The van der Waals surface area contributed by atoms with Crippen molar-refractivity contribution in [3.63, 3.8) is 0 Å². The zero-order valence-corrected chi connectivity index (χ0v) is 8.23. The Bertz CT molecular complexity index is 304. The van der Waals surface area contributed by atoms with Gasteiger partial charge in [0.15, 0.2) is 6.29 Å². The number of carbonyl (C=O) groups excluding carboxylic acids is 1. The van der Waals surface area contributed by atoms with E-state index in [1.54, 1.807) is 12.3 Å². The maximum absolute atomic E-state index is 10.3. The van der Waals surface area contributed by atoms with Gasteiger partial charge in [0, 0.05) is 6.20 Å². The lowest BCUT2D eigenvalue weighted by Gasteiger charge is -1.94. The number of pyridine rings is 1. The van der Waals surface area contributed by atoms with Crippen LogP contribution in [0, 0.1) is 0 Å². The molecular formula is C11H14N2O. The molecule has 0 aromatic carbocycles. The Morgan fingerprint density at radius 1 is 1.50 bits per heavy atom. The van der Waals surface area contributed by atoms with Crippen LogP contribution in [0.3, 0.4) is 0 Å². The highest BCUT2D eigenvalue weighted by molar-refractivity contribution is 5.71. The summed E-state index contributed by atoms with van der Waals surface area (Å²) in [6.45, 7) is 0.969. The first kappa shape index (κ1) is 10.6. The van der Waals surface area contributed by atoms with Crippen LogP contribution in [0.2, 0.25) is 0 Å². The van der Waals surface area contributed by atoms with Crippen LogP contribution in [0.25, 0.3) is 6.08 Å². The number of rotatable bonds is 5. The maximum Gasteiger partial charge on any atom is 0.168 e. The summed E-state index contributed by atoms with van der Waals surface area (Å²) >= 11 is 0. The van der Waals surface area contributed by atoms with E-state index in [1.165, 1.54) is 0 Å². The van der Waals surface area contributed by atoms with Gasteiger partial charge in [0.25, 0.3) is 0 Å². The molecule has 74 valence electrons. The van der Waals surface area contributed by atoms with E-state index in [1.807, 2.05) is 19.2 Å². The Morgan fingerprint density at radius 3 is 2.93 bits per heavy atom. The molecule has 1 N–H and O–H groups in total. The molecule has 0 aliphatic carbocycles. The van der Waals surface area contributed by atoms with E-state index in [-0.39, 0.29) is 0 Å². The summed E-state index contributed by atoms with van der Waals surface area (Å²) in [7, 11) is 1.92. The Balaban J connectivity index is 2.50. The number of hydrogen-bond donors (Lipinski definition) is 1. The smallest absolute Gasteiger partial charge is 0.168 e. The van der Waals surface area contributed by atoms with Crippen molar-refractivity contribution in [2.45, 2.75) is 6.42 Å². The van der Waals surface area contributed by atoms with Crippen LogP contribution < -0.4 is 5.32 Å². The molecule has 0 fully saturated rings. The van der Waals surface area contributed by atoms with Gasteiger partial charge in [-0.05, 0) is 31.6 Å². The number of aromatic nitrogens is 1. The number of hydrogen-bond acceptors (Lipinski definition) is 3. The van der Waals surface area contributed by atoms with Crippen molar-refractivity contribution in [3.8, 4) is 0 Å². The van der Waals surface area contributed by atoms with Crippen molar-refractivity contribution in [2.24, 2.45) is 0 Å². The lowest BCUT2D eigenvalue weighted by atomic mass is 10.2. The predicted molar refractivity (Wildman–Crippen MR) is 57.2 cm³/mol. The Hall–Kier alpha value is -1.48. The largest absolute Gasteiger partial charge is 0.319 e. The molecule has 0 saturated heterocycles. The number of nitrogens with zero attached hydrogens (tertiary/aromatic N) is 1. The molecular weight excluding hydrogens is 176 g/mol. The Labute approximate surface area is 83.9 Å². The first-order chi connectivity index (χ1) is 6.86. The molecule has 14 heavy (non-hydrogen) atoms. The summed E-state index contributed by atoms with van der Waals surface area (Å²) in [5, 5.41) is 3.06. The average Bonchev–Trinajstić information content (AvgIpc) is 2.25. The third-order valence-electron chi connectivity index (χ3n) is 1.80.